The van der Waals surface area contributed by atoms with Crippen LogP contribution in [0.2, 0.25) is 0 Å². The molecule has 0 bridgehead atoms. The van der Waals surface area contributed by atoms with E-state index in [1.54, 1.807) is 11.7 Å². The number of H-pyrrole nitrogens is 1. The highest BCUT2D eigenvalue weighted by atomic mass is 16.5. The van der Waals surface area contributed by atoms with Gasteiger partial charge in [0.25, 0.3) is 11.5 Å². The zero-order chi connectivity index (χ0) is 23.1. The van der Waals surface area contributed by atoms with Crippen LogP contribution in [-0.4, -0.2) is 35.3 Å². The van der Waals surface area contributed by atoms with Gasteiger partial charge in [0, 0.05) is 28.9 Å². The molecular weight excluding hydrogens is 418 g/mol. The summed E-state index contributed by atoms with van der Waals surface area (Å²) in [5, 5.41) is 4.29. The molecule has 1 aromatic carbocycles. The lowest BCUT2D eigenvalue weighted by molar-refractivity contribution is 0.0913. The monoisotopic (exact) mass is 449 g/mol. The molecule has 7 heteroatoms. The number of benzene rings is 1. The van der Waals surface area contributed by atoms with E-state index in [9.17, 15) is 9.59 Å². The van der Waals surface area contributed by atoms with Crippen LogP contribution < -0.4 is 15.6 Å². The zero-order valence-corrected chi connectivity index (χ0v) is 19.5. The van der Waals surface area contributed by atoms with Crippen LogP contribution >= 0.6 is 0 Å². The van der Waals surface area contributed by atoms with Gasteiger partial charge in [0.2, 0.25) is 0 Å². The van der Waals surface area contributed by atoms with Crippen molar-refractivity contribution in [2.75, 3.05) is 13.7 Å². The number of carbonyl (C=O) groups is 1. The Kier molecular flexibility index (Phi) is 5.74. The maximum absolute atomic E-state index is 13.4. The van der Waals surface area contributed by atoms with Gasteiger partial charge in [-0.1, -0.05) is 0 Å². The van der Waals surface area contributed by atoms with Gasteiger partial charge in [-0.2, -0.15) is 0 Å². The highest BCUT2D eigenvalue weighted by Crippen LogP contribution is 2.36. The number of aromatic amines is 1. The minimum Gasteiger partial charge on any atom is -0.497 e. The second kappa shape index (κ2) is 8.71. The first-order chi connectivity index (χ1) is 16.0. The largest absolute Gasteiger partial charge is 0.497 e. The third kappa shape index (κ3) is 3.95. The summed E-state index contributed by atoms with van der Waals surface area (Å²) in [6.45, 7) is 4.97. The summed E-state index contributed by atoms with van der Waals surface area (Å²) < 4.78 is 12.8. The van der Waals surface area contributed by atoms with Gasteiger partial charge in [-0.3, -0.25) is 9.59 Å². The molecule has 5 rings (SSSR count). The average molecular weight is 450 g/mol. The molecule has 7 nitrogen and oxygen atoms in total. The van der Waals surface area contributed by atoms with Crippen molar-refractivity contribution in [3.63, 3.8) is 0 Å². The highest BCUT2D eigenvalue weighted by Gasteiger charge is 2.28. The van der Waals surface area contributed by atoms with Crippen molar-refractivity contribution in [1.29, 1.82) is 0 Å². The molecule has 33 heavy (non-hydrogen) atoms. The van der Waals surface area contributed by atoms with Crippen LogP contribution in [0.15, 0.2) is 29.1 Å². The molecule has 2 aromatic heterocycles. The Labute approximate surface area is 193 Å². The summed E-state index contributed by atoms with van der Waals surface area (Å²) in [5.74, 6) is 0.505. The summed E-state index contributed by atoms with van der Waals surface area (Å²) in [7, 11) is 1.67. The summed E-state index contributed by atoms with van der Waals surface area (Å²) in [6, 6.07) is 7.75. The van der Waals surface area contributed by atoms with Gasteiger partial charge in [0.15, 0.2) is 0 Å². The molecule has 1 aliphatic carbocycles. The first kappa shape index (κ1) is 21.8. The maximum Gasteiger partial charge on any atom is 0.263 e. The van der Waals surface area contributed by atoms with Crippen molar-refractivity contribution in [3.05, 3.63) is 62.7 Å². The number of methoxy groups -OCH3 is 1. The van der Waals surface area contributed by atoms with Crippen LogP contribution in [-0.2, 0) is 17.7 Å². The van der Waals surface area contributed by atoms with E-state index < -0.39 is 0 Å². The van der Waals surface area contributed by atoms with Crippen LogP contribution in [0.1, 0.15) is 64.6 Å². The third-order valence-electron chi connectivity index (χ3n) is 7.06. The maximum atomic E-state index is 13.4. The Balaban J connectivity index is 1.45. The first-order valence-corrected chi connectivity index (χ1v) is 11.8. The van der Waals surface area contributed by atoms with Crippen LogP contribution in [0.4, 0.5) is 0 Å². The molecule has 0 unspecified atom stereocenters. The number of hydrogen-bond donors (Lipinski definition) is 2. The number of nitrogens with one attached hydrogen (secondary N) is 2. The minimum absolute atomic E-state index is 0.0317. The molecular formula is C26H31N3O4. The Hall–Kier alpha value is -3.06. The average Bonchev–Trinajstić information content (AvgIpc) is 3.44. The van der Waals surface area contributed by atoms with E-state index in [0.717, 1.165) is 66.8 Å². The Morgan fingerprint density at radius 1 is 1.24 bits per heavy atom. The van der Waals surface area contributed by atoms with E-state index in [2.05, 4.69) is 10.3 Å². The molecule has 0 radical (unpaired) electrons. The second-order valence-electron chi connectivity index (χ2n) is 9.24. The van der Waals surface area contributed by atoms with Crippen molar-refractivity contribution < 1.29 is 14.3 Å². The van der Waals surface area contributed by atoms with E-state index in [4.69, 9.17) is 9.47 Å². The molecule has 1 aliphatic heterocycles. The predicted molar refractivity (Wildman–Crippen MR) is 127 cm³/mol. The molecule has 3 heterocycles. The molecule has 3 aromatic rings. The number of aryl methyl sites for hydroxylation is 3. The van der Waals surface area contributed by atoms with Crippen molar-refractivity contribution in [2.45, 2.75) is 64.6 Å². The number of carbonyl (C=O) groups excluding carboxylic acids is 1. The van der Waals surface area contributed by atoms with E-state index in [0.29, 0.717) is 12.1 Å². The number of amides is 1. The van der Waals surface area contributed by atoms with Crippen molar-refractivity contribution in [1.82, 2.24) is 14.9 Å². The molecule has 2 atom stereocenters. The number of nitrogens with zero attached hydrogens (tertiary/aromatic N) is 1. The van der Waals surface area contributed by atoms with E-state index >= 15 is 0 Å². The second-order valence-corrected chi connectivity index (χ2v) is 9.24. The molecule has 1 saturated heterocycles. The van der Waals surface area contributed by atoms with Gasteiger partial charge in [-0.05, 0) is 81.3 Å². The van der Waals surface area contributed by atoms with Crippen molar-refractivity contribution in [2.24, 2.45) is 0 Å². The lowest BCUT2D eigenvalue weighted by atomic mass is 9.91. The number of hydrogen-bond acceptors (Lipinski definition) is 4. The van der Waals surface area contributed by atoms with Gasteiger partial charge in [-0.25, -0.2) is 0 Å². The number of aromatic nitrogens is 2. The van der Waals surface area contributed by atoms with Gasteiger partial charge < -0.3 is 24.3 Å². The SMILES string of the molecule is COc1ccc2[nH]c3c(c2c1)CCC[C@H]3NC(=O)c1c(C)cc(C)n(C[C@@H]2CCCO2)c1=O. The number of fused-ring (bicyclic) bond motifs is 3. The fourth-order valence-corrected chi connectivity index (χ4v) is 5.37. The smallest absolute Gasteiger partial charge is 0.263 e. The molecule has 1 fully saturated rings. The molecule has 1 amide bonds. The molecule has 0 saturated carbocycles. The lowest BCUT2D eigenvalue weighted by Crippen LogP contribution is -2.39. The third-order valence-corrected chi connectivity index (χ3v) is 7.06. The Morgan fingerprint density at radius 3 is 2.85 bits per heavy atom. The standard InChI is InChI=1S/C26H31N3O4/c1-15-12-16(2)29(14-18-6-5-11-33-18)26(31)23(15)25(30)28-22-8-4-7-19-20-13-17(32-3)9-10-21(20)27-24(19)22/h9-10,12-13,18,22,27H,4-8,11,14H2,1-3H3,(H,28,30)/t18-,22+/m0/s1. The topological polar surface area (TPSA) is 85.3 Å². The van der Waals surface area contributed by atoms with Gasteiger partial charge >= 0.3 is 0 Å². The normalized spacial score (nSPS) is 20.1. The number of ether oxygens (including phenoxy) is 2. The van der Waals surface area contributed by atoms with Crippen LogP contribution in [0.5, 0.6) is 5.75 Å². The fourth-order valence-electron chi connectivity index (χ4n) is 5.37. The predicted octanol–water partition coefficient (Wildman–Crippen LogP) is 3.94. The molecule has 0 spiro atoms. The highest BCUT2D eigenvalue weighted by molar-refractivity contribution is 5.96. The van der Waals surface area contributed by atoms with Gasteiger partial charge in [-0.15, -0.1) is 0 Å². The van der Waals surface area contributed by atoms with Crippen LogP contribution in [0, 0.1) is 13.8 Å². The number of rotatable bonds is 5. The van der Waals surface area contributed by atoms with Crippen LogP contribution in [0.25, 0.3) is 10.9 Å². The molecule has 2 N–H and O–H groups in total. The summed E-state index contributed by atoms with van der Waals surface area (Å²) in [4.78, 5) is 30.3. The quantitative estimate of drug-likeness (QED) is 0.618. The molecule has 2 aliphatic rings. The Bertz CT molecular complexity index is 1270. The molecule has 174 valence electrons. The van der Waals surface area contributed by atoms with Gasteiger partial charge in [0.05, 0.1) is 25.8 Å². The van der Waals surface area contributed by atoms with E-state index in [-0.39, 0.29) is 29.2 Å². The summed E-state index contributed by atoms with van der Waals surface area (Å²) in [6.07, 6.45) is 4.74. The Morgan fingerprint density at radius 2 is 2.09 bits per heavy atom. The summed E-state index contributed by atoms with van der Waals surface area (Å²) in [5.41, 5.74) is 4.83. The van der Waals surface area contributed by atoms with Crippen LogP contribution in [0.3, 0.4) is 0 Å². The summed E-state index contributed by atoms with van der Waals surface area (Å²) >= 11 is 0. The van der Waals surface area contributed by atoms with E-state index in [1.807, 2.05) is 38.1 Å². The first-order valence-electron chi connectivity index (χ1n) is 11.8. The zero-order valence-electron chi connectivity index (χ0n) is 19.5. The fraction of sp³-hybridized carbons (Fsp3) is 0.462. The van der Waals surface area contributed by atoms with E-state index in [1.165, 1.54) is 5.56 Å². The van der Waals surface area contributed by atoms with Gasteiger partial charge in [0.1, 0.15) is 11.3 Å². The van der Waals surface area contributed by atoms with Crippen molar-refractivity contribution in [3.8, 4) is 5.75 Å². The lowest BCUT2D eigenvalue weighted by Gasteiger charge is -2.24. The minimum atomic E-state index is -0.312. The van der Waals surface area contributed by atoms with Crippen molar-refractivity contribution >= 4 is 16.8 Å². The number of pyridine rings is 1.